The average molecular weight is 250 g/mol. The van der Waals surface area contributed by atoms with E-state index in [-0.39, 0.29) is 18.4 Å². The first-order valence-electron chi connectivity index (χ1n) is 4.88. The molecule has 1 aliphatic heterocycles. The molecule has 1 fully saturated rings. The van der Waals surface area contributed by atoms with Crippen LogP contribution in [0.1, 0.15) is 24.4 Å². The fraction of sp³-hybridized carbons (Fsp3) is 0.455. The maximum Gasteiger partial charge on any atom is 0.103 e. The van der Waals surface area contributed by atoms with Crippen LogP contribution in [-0.4, -0.2) is 12.7 Å². The molecule has 4 heteroatoms. The zero-order valence-corrected chi connectivity index (χ0v) is 9.82. The predicted molar refractivity (Wildman–Crippen MR) is 63.6 cm³/mol. The molecule has 0 aromatic heterocycles. The van der Waals surface area contributed by atoms with Crippen molar-refractivity contribution < 1.29 is 4.39 Å². The van der Waals surface area contributed by atoms with Crippen LogP contribution in [-0.2, 0) is 0 Å². The Hall–Kier alpha value is -0.310. The first-order valence-corrected chi connectivity index (χ1v) is 5.26. The van der Waals surface area contributed by atoms with Crippen LogP contribution in [0, 0.1) is 0 Å². The molecule has 1 aliphatic rings. The second-order valence-corrected chi connectivity index (χ2v) is 4.12. The van der Waals surface area contributed by atoms with E-state index in [1.165, 1.54) is 0 Å². The summed E-state index contributed by atoms with van der Waals surface area (Å²) < 4.78 is 13.1. The quantitative estimate of drug-likeness (QED) is 0.804. The van der Waals surface area contributed by atoms with Crippen LogP contribution in [0.4, 0.5) is 4.39 Å². The van der Waals surface area contributed by atoms with E-state index in [2.05, 4.69) is 5.32 Å². The number of benzene rings is 1. The van der Waals surface area contributed by atoms with Crippen molar-refractivity contribution in [2.75, 3.05) is 6.54 Å². The highest BCUT2D eigenvalue weighted by atomic mass is 35.5. The lowest BCUT2D eigenvalue weighted by molar-refractivity contribution is 0.224. The number of alkyl halides is 1. The Morgan fingerprint density at radius 2 is 1.93 bits per heavy atom. The summed E-state index contributed by atoms with van der Waals surface area (Å²) >= 11 is 5.78. The Kier molecular flexibility index (Phi) is 4.84. The Bertz CT molecular complexity index is 302. The van der Waals surface area contributed by atoms with Gasteiger partial charge in [0.2, 0.25) is 0 Å². The van der Waals surface area contributed by atoms with Crippen LogP contribution in [0.5, 0.6) is 0 Å². The summed E-state index contributed by atoms with van der Waals surface area (Å²) in [6.45, 7) is 0.758. The van der Waals surface area contributed by atoms with Gasteiger partial charge in [-0.25, -0.2) is 4.39 Å². The lowest BCUT2D eigenvalue weighted by Gasteiger charge is -2.26. The van der Waals surface area contributed by atoms with Gasteiger partial charge in [-0.15, -0.1) is 12.4 Å². The third-order valence-corrected chi connectivity index (χ3v) is 2.86. The maximum atomic E-state index is 13.1. The van der Waals surface area contributed by atoms with Gasteiger partial charge in [0.05, 0.1) is 0 Å². The third kappa shape index (κ3) is 3.33. The Labute approximate surface area is 100 Å². The summed E-state index contributed by atoms with van der Waals surface area (Å²) in [6.07, 6.45) is 0.531. The van der Waals surface area contributed by atoms with E-state index in [4.69, 9.17) is 11.6 Å². The van der Waals surface area contributed by atoms with Crippen LogP contribution in [0.15, 0.2) is 24.3 Å². The fourth-order valence-corrected chi connectivity index (χ4v) is 1.95. The molecule has 15 heavy (non-hydrogen) atoms. The van der Waals surface area contributed by atoms with Gasteiger partial charge in [-0.3, -0.25) is 0 Å². The number of rotatable bonds is 1. The molecule has 2 atom stereocenters. The summed E-state index contributed by atoms with van der Waals surface area (Å²) in [6, 6.07) is 7.76. The molecule has 0 radical (unpaired) electrons. The van der Waals surface area contributed by atoms with Crippen LogP contribution in [0.3, 0.4) is 0 Å². The van der Waals surface area contributed by atoms with Gasteiger partial charge in [0, 0.05) is 11.1 Å². The van der Waals surface area contributed by atoms with Crippen LogP contribution >= 0.6 is 24.0 Å². The molecule has 1 nitrogen and oxygen atoms in total. The summed E-state index contributed by atoms with van der Waals surface area (Å²) in [7, 11) is 0. The third-order valence-electron chi connectivity index (χ3n) is 2.61. The average Bonchev–Trinajstić information content (AvgIpc) is 2.19. The minimum absolute atomic E-state index is 0. The molecule has 0 amide bonds. The second kappa shape index (κ2) is 5.69. The van der Waals surface area contributed by atoms with E-state index >= 15 is 0 Å². The summed E-state index contributed by atoms with van der Waals surface area (Å²) in [5, 5.41) is 4.03. The Balaban J connectivity index is 0.00000112. The number of piperidine rings is 1. The second-order valence-electron chi connectivity index (χ2n) is 3.68. The Morgan fingerprint density at radius 1 is 1.27 bits per heavy atom. The van der Waals surface area contributed by atoms with E-state index in [1.54, 1.807) is 0 Å². The van der Waals surface area contributed by atoms with Gasteiger partial charge in [0.25, 0.3) is 0 Å². The van der Waals surface area contributed by atoms with Gasteiger partial charge in [-0.2, -0.15) is 0 Å². The largest absolute Gasteiger partial charge is 0.310 e. The van der Waals surface area contributed by atoms with Crippen molar-refractivity contribution in [1.29, 1.82) is 0 Å². The van der Waals surface area contributed by atoms with Crippen LogP contribution in [0.2, 0.25) is 5.02 Å². The molecule has 0 saturated carbocycles. The van der Waals surface area contributed by atoms with Gasteiger partial charge >= 0.3 is 0 Å². The lowest BCUT2D eigenvalue weighted by Crippen LogP contribution is -2.32. The molecule has 1 N–H and O–H groups in total. The normalized spacial score (nSPS) is 25.7. The SMILES string of the molecule is Cl.FC1CCNC(c2ccc(Cl)cc2)C1. The lowest BCUT2D eigenvalue weighted by atomic mass is 9.96. The number of nitrogens with one attached hydrogen (secondary N) is 1. The molecule has 0 aliphatic carbocycles. The predicted octanol–water partition coefficient (Wildman–Crippen LogP) is 3.52. The minimum atomic E-state index is -0.670. The zero-order valence-electron chi connectivity index (χ0n) is 8.25. The zero-order chi connectivity index (χ0) is 9.97. The number of halogens is 3. The molecular formula is C11H14Cl2FN. The first kappa shape index (κ1) is 12.8. The van der Waals surface area contributed by atoms with E-state index < -0.39 is 6.17 Å². The molecule has 84 valence electrons. The van der Waals surface area contributed by atoms with Crippen molar-refractivity contribution in [2.45, 2.75) is 25.1 Å². The molecule has 1 heterocycles. The van der Waals surface area contributed by atoms with E-state index in [0.29, 0.717) is 12.8 Å². The molecule has 0 spiro atoms. The van der Waals surface area contributed by atoms with Crippen molar-refractivity contribution in [3.63, 3.8) is 0 Å². The van der Waals surface area contributed by atoms with Gasteiger partial charge in [-0.05, 0) is 37.1 Å². The molecule has 2 unspecified atom stereocenters. The van der Waals surface area contributed by atoms with E-state index in [1.807, 2.05) is 24.3 Å². The van der Waals surface area contributed by atoms with Gasteiger partial charge in [0.1, 0.15) is 6.17 Å². The van der Waals surface area contributed by atoms with Crippen molar-refractivity contribution in [2.24, 2.45) is 0 Å². The molecule has 1 saturated heterocycles. The maximum absolute atomic E-state index is 13.1. The summed E-state index contributed by atoms with van der Waals surface area (Å²) in [5.74, 6) is 0. The van der Waals surface area contributed by atoms with Crippen molar-refractivity contribution in [3.8, 4) is 0 Å². The van der Waals surface area contributed by atoms with Crippen LogP contribution in [0.25, 0.3) is 0 Å². The highest BCUT2D eigenvalue weighted by Crippen LogP contribution is 2.25. The van der Waals surface area contributed by atoms with Gasteiger partial charge in [-0.1, -0.05) is 23.7 Å². The van der Waals surface area contributed by atoms with E-state index in [9.17, 15) is 4.39 Å². The Morgan fingerprint density at radius 3 is 2.53 bits per heavy atom. The highest BCUT2D eigenvalue weighted by molar-refractivity contribution is 6.30. The monoisotopic (exact) mass is 249 g/mol. The molecular weight excluding hydrogens is 236 g/mol. The molecule has 1 aromatic rings. The molecule has 1 aromatic carbocycles. The molecule has 0 bridgehead atoms. The highest BCUT2D eigenvalue weighted by Gasteiger charge is 2.21. The summed E-state index contributed by atoms with van der Waals surface area (Å²) in [5.41, 5.74) is 1.12. The number of hydrogen-bond acceptors (Lipinski definition) is 1. The van der Waals surface area contributed by atoms with Crippen molar-refractivity contribution in [3.05, 3.63) is 34.9 Å². The smallest absolute Gasteiger partial charge is 0.103 e. The minimum Gasteiger partial charge on any atom is -0.310 e. The fourth-order valence-electron chi connectivity index (χ4n) is 1.82. The summed E-state index contributed by atoms with van der Waals surface area (Å²) in [4.78, 5) is 0. The topological polar surface area (TPSA) is 12.0 Å². The number of hydrogen-bond donors (Lipinski definition) is 1. The standard InChI is InChI=1S/C11H13ClFN.ClH/c12-9-3-1-8(2-4-9)11-7-10(13)5-6-14-11;/h1-4,10-11,14H,5-7H2;1H. The van der Waals surface area contributed by atoms with Gasteiger partial charge in [0.15, 0.2) is 0 Å². The van der Waals surface area contributed by atoms with Crippen molar-refractivity contribution >= 4 is 24.0 Å². The van der Waals surface area contributed by atoms with E-state index in [0.717, 1.165) is 17.1 Å². The van der Waals surface area contributed by atoms with Crippen LogP contribution < -0.4 is 5.32 Å². The first-order chi connectivity index (χ1) is 6.75. The molecule has 2 rings (SSSR count). The van der Waals surface area contributed by atoms with Gasteiger partial charge < -0.3 is 5.32 Å². The van der Waals surface area contributed by atoms with Crippen molar-refractivity contribution in [1.82, 2.24) is 5.32 Å².